The topological polar surface area (TPSA) is 64.7 Å². The maximum atomic E-state index is 12.6. The van der Waals surface area contributed by atoms with Crippen LogP contribution in [0.1, 0.15) is 55.4 Å². The second kappa shape index (κ2) is 5.47. The van der Waals surface area contributed by atoms with E-state index in [1.165, 1.54) is 9.80 Å². The van der Waals surface area contributed by atoms with Gasteiger partial charge in [-0.05, 0) is 55.4 Å². The van der Waals surface area contributed by atoms with Crippen LogP contribution in [0, 0.1) is 12.1 Å². The molecule has 2 amide bonds. The molecule has 0 aliphatic carbocycles. The molecule has 0 saturated carbocycles. The number of carbonyl (C=O) groups excluding carboxylic acids is 2. The smallest absolute Gasteiger partial charge is 0.253 e. The van der Waals surface area contributed by atoms with Gasteiger partial charge in [0.05, 0.1) is 24.2 Å². The Labute approximate surface area is 145 Å². The minimum Gasteiger partial charge on any atom is -0.297 e. The highest BCUT2D eigenvalue weighted by atomic mass is 16.2. The number of piperazine rings is 2. The quantitative estimate of drug-likeness (QED) is 0.646. The van der Waals surface area contributed by atoms with Crippen molar-refractivity contribution in [3.8, 4) is 12.1 Å². The molecule has 2 rings (SSSR count). The van der Waals surface area contributed by atoms with E-state index >= 15 is 0 Å². The molecule has 2 fully saturated rings. The van der Waals surface area contributed by atoms with Crippen LogP contribution in [0.2, 0.25) is 0 Å². The molecule has 0 atom stereocenters. The molecule has 0 spiro atoms. The van der Waals surface area contributed by atoms with Crippen molar-refractivity contribution in [1.82, 2.24) is 20.4 Å². The molecule has 134 valence electrons. The maximum absolute atomic E-state index is 12.6. The van der Waals surface area contributed by atoms with Gasteiger partial charge < -0.3 is 0 Å². The lowest BCUT2D eigenvalue weighted by Gasteiger charge is -2.46. The molecule has 2 N–H and O–H groups in total. The van der Waals surface area contributed by atoms with Crippen molar-refractivity contribution in [3.05, 3.63) is 0 Å². The Morgan fingerprint density at radius 3 is 1.29 bits per heavy atom. The van der Waals surface area contributed by atoms with Gasteiger partial charge in [0.15, 0.2) is 0 Å². The predicted octanol–water partition coefficient (Wildman–Crippen LogP) is 0.883. The molecule has 6 nitrogen and oxygen atoms in total. The molecule has 0 aromatic rings. The fourth-order valence-corrected chi connectivity index (χ4v) is 3.79. The van der Waals surface area contributed by atoms with E-state index in [4.69, 9.17) is 0 Å². The summed E-state index contributed by atoms with van der Waals surface area (Å²) in [6, 6.07) is 5.86. The van der Waals surface area contributed by atoms with Crippen LogP contribution in [0.3, 0.4) is 0 Å². The first-order valence-electron chi connectivity index (χ1n) is 8.39. The zero-order valence-corrected chi connectivity index (χ0v) is 16.1. The summed E-state index contributed by atoms with van der Waals surface area (Å²) in [4.78, 5) is 28.2. The van der Waals surface area contributed by atoms with Crippen molar-refractivity contribution in [2.24, 2.45) is 0 Å². The summed E-state index contributed by atoms with van der Waals surface area (Å²) in [6.07, 6.45) is 0. The van der Waals surface area contributed by atoms with Gasteiger partial charge in [0.25, 0.3) is 11.8 Å². The van der Waals surface area contributed by atoms with Crippen LogP contribution in [0.5, 0.6) is 0 Å². The first kappa shape index (κ1) is 18.8. The van der Waals surface area contributed by atoms with Crippen molar-refractivity contribution in [2.75, 3.05) is 13.1 Å². The Hall–Kier alpha value is -1.58. The number of hydrogen-bond acceptors (Lipinski definition) is 4. The Kier molecular flexibility index (Phi) is 4.27. The lowest BCUT2D eigenvalue weighted by molar-refractivity contribution is -0.140. The van der Waals surface area contributed by atoms with Crippen LogP contribution < -0.4 is 10.6 Å². The zero-order valence-electron chi connectivity index (χ0n) is 16.1. The van der Waals surface area contributed by atoms with Crippen LogP contribution in [-0.4, -0.2) is 56.9 Å². The van der Waals surface area contributed by atoms with Gasteiger partial charge in [-0.25, -0.2) is 0 Å². The van der Waals surface area contributed by atoms with Crippen LogP contribution in [0.25, 0.3) is 0 Å². The first-order chi connectivity index (χ1) is 10.7. The van der Waals surface area contributed by atoms with Crippen molar-refractivity contribution < 1.29 is 9.59 Å². The summed E-state index contributed by atoms with van der Waals surface area (Å²) in [7, 11) is 0. The third kappa shape index (κ3) is 3.73. The number of amides is 2. The molecule has 0 aromatic carbocycles. The van der Waals surface area contributed by atoms with E-state index in [1.54, 1.807) is 0 Å². The molecule has 0 radical (unpaired) electrons. The molecule has 2 aliphatic rings. The molecule has 24 heavy (non-hydrogen) atoms. The molecule has 2 saturated heterocycles. The van der Waals surface area contributed by atoms with Gasteiger partial charge in [0.2, 0.25) is 0 Å². The van der Waals surface area contributed by atoms with Gasteiger partial charge in [-0.3, -0.25) is 30.0 Å². The maximum Gasteiger partial charge on any atom is 0.253 e. The minimum atomic E-state index is -0.678. The van der Waals surface area contributed by atoms with Crippen molar-refractivity contribution >= 4 is 11.8 Å². The summed E-state index contributed by atoms with van der Waals surface area (Å²) in [5.41, 5.74) is -1.83. The summed E-state index contributed by atoms with van der Waals surface area (Å²) in [5, 5.41) is 6.67. The zero-order chi connectivity index (χ0) is 18.6. The highest BCUT2D eigenvalue weighted by Crippen LogP contribution is 2.23. The lowest BCUT2D eigenvalue weighted by Crippen LogP contribution is -2.69. The van der Waals surface area contributed by atoms with Gasteiger partial charge in [0, 0.05) is 23.2 Å². The van der Waals surface area contributed by atoms with Gasteiger partial charge in [0.1, 0.15) is 0 Å². The predicted molar refractivity (Wildman–Crippen MR) is 93.8 cm³/mol. The highest BCUT2D eigenvalue weighted by Gasteiger charge is 2.45. The van der Waals surface area contributed by atoms with Crippen LogP contribution in [0.15, 0.2) is 0 Å². The highest BCUT2D eigenvalue weighted by molar-refractivity contribution is 5.89. The van der Waals surface area contributed by atoms with E-state index in [1.807, 2.05) is 55.4 Å². The number of nitrogens with one attached hydrogen (secondary N) is 2. The van der Waals surface area contributed by atoms with Crippen molar-refractivity contribution in [2.45, 2.75) is 77.5 Å². The third-order valence-electron chi connectivity index (χ3n) is 4.29. The summed E-state index contributed by atoms with van der Waals surface area (Å²) >= 11 is 0. The molecule has 2 aliphatic heterocycles. The molecule has 2 heterocycles. The Morgan fingerprint density at radius 2 is 1.00 bits per heavy atom. The summed E-state index contributed by atoms with van der Waals surface area (Å²) in [6.45, 7) is 16.5. The van der Waals surface area contributed by atoms with E-state index < -0.39 is 11.1 Å². The monoisotopic (exact) mass is 334 g/mol. The molecule has 0 bridgehead atoms. The molecule has 0 unspecified atom stereocenters. The van der Waals surface area contributed by atoms with Crippen LogP contribution >= 0.6 is 0 Å². The van der Waals surface area contributed by atoms with E-state index in [-0.39, 0.29) is 22.9 Å². The van der Waals surface area contributed by atoms with Gasteiger partial charge in [-0.1, -0.05) is 0 Å². The number of nitrogens with zero attached hydrogens (tertiary/aromatic N) is 2. The Bertz CT molecular complexity index is 571. The SMILES string of the molecule is CC1(C)CN(C#CN2CC(C)(C)NC(C)(C)C2=O)C(=O)C(C)(C)N1. The Morgan fingerprint density at radius 1 is 0.708 bits per heavy atom. The van der Waals surface area contributed by atoms with Crippen molar-refractivity contribution in [3.63, 3.8) is 0 Å². The first-order valence-corrected chi connectivity index (χ1v) is 8.39. The molecule has 6 heteroatoms. The molecule has 0 aromatic heterocycles. The average Bonchev–Trinajstić information content (AvgIpc) is 2.34. The van der Waals surface area contributed by atoms with Gasteiger partial charge in [-0.15, -0.1) is 0 Å². The summed E-state index contributed by atoms with van der Waals surface area (Å²) < 4.78 is 0. The number of carbonyl (C=O) groups is 2. The molecular formula is C18H30N4O2. The van der Waals surface area contributed by atoms with Gasteiger partial charge in [-0.2, -0.15) is 0 Å². The number of rotatable bonds is 0. The van der Waals surface area contributed by atoms with E-state index in [2.05, 4.69) is 22.7 Å². The lowest BCUT2D eigenvalue weighted by atomic mass is 9.90. The fraction of sp³-hybridized carbons (Fsp3) is 0.778. The largest absolute Gasteiger partial charge is 0.297 e. The second-order valence-corrected chi connectivity index (χ2v) is 9.27. The number of hydrogen-bond donors (Lipinski definition) is 2. The molecular weight excluding hydrogens is 304 g/mol. The van der Waals surface area contributed by atoms with E-state index in [0.717, 1.165) is 0 Å². The van der Waals surface area contributed by atoms with Crippen LogP contribution in [-0.2, 0) is 9.59 Å². The average molecular weight is 334 g/mol. The third-order valence-corrected chi connectivity index (χ3v) is 4.29. The Balaban J connectivity index is 2.27. The van der Waals surface area contributed by atoms with E-state index in [0.29, 0.717) is 13.1 Å². The normalized spacial score (nSPS) is 27.5. The summed E-state index contributed by atoms with van der Waals surface area (Å²) in [5.74, 6) is -0.147. The fourth-order valence-electron chi connectivity index (χ4n) is 3.79. The second-order valence-electron chi connectivity index (χ2n) is 9.27. The van der Waals surface area contributed by atoms with Crippen LogP contribution in [0.4, 0.5) is 0 Å². The minimum absolute atomic E-state index is 0.0737. The van der Waals surface area contributed by atoms with Crippen molar-refractivity contribution in [1.29, 1.82) is 0 Å². The van der Waals surface area contributed by atoms with Gasteiger partial charge >= 0.3 is 0 Å². The standard InChI is InChI=1S/C18H30N4O2/c1-15(2)11-21(13(23)17(5,6)19-15)9-10-22-12-16(3,4)20-18(7,8)14(22)24/h19-20H,11-12H2,1-8H3. The van der Waals surface area contributed by atoms with E-state index in [9.17, 15) is 9.59 Å².